The summed E-state index contributed by atoms with van der Waals surface area (Å²) in [6.07, 6.45) is 3.02. The van der Waals surface area contributed by atoms with Crippen molar-refractivity contribution >= 4 is 28.3 Å². The fraction of sp³-hybridized carbons (Fsp3) is 0.276. The maximum atomic E-state index is 13.9. The number of nitrogens with zero attached hydrogens (tertiary/aromatic N) is 3. The molecule has 0 unspecified atom stereocenters. The Labute approximate surface area is 222 Å². The molecule has 5 nitrogen and oxygen atoms in total. The number of methoxy groups -OCH3 is 2. The van der Waals surface area contributed by atoms with E-state index in [1.165, 1.54) is 0 Å². The Balaban J connectivity index is 1.56. The second kappa shape index (κ2) is 9.71. The van der Waals surface area contributed by atoms with Gasteiger partial charge in [-0.1, -0.05) is 6.07 Å². The number of aryl methyl sites for hydroxylation is 2. The molecule has 0 radical (unpaired) electrons. The number of thioether (sulfide) groups is 1. The van der Waals surface area contributed by atoms with E-state index in [1.807, 2.05) is 25.3 Å². The molecule has 6 rings (SSSR count). The lowest BCUT2D eigenvalue weighted by atomic mass is 10.0. The van der Waals surface area contributed by atoms with Gasteiger partial charge in [0.15, 0.2) is 17.5 Å². The van der Waals surface area contributed by atoms with Gasteiger partial charge in [0.2, 0.25) is 0 Å². The molecule has 0 saturated carbocycles. The summed E-state index contributed by atoms with van der Waals surface area (Å²) in [4.78, 5) is 6.03. The first-order valence-corrected chi connectivity index (χ1v) is 13.3. The van der Waals surface area contributed by atoms with Gasteiger partial charge in [0.1, 0.15) is 17.1 Å². The summed E-state index contributed by atoms with van der Waals surface area (Å²) in [6, 6.07) is 10.3. The number of hydrogen-bond acceptors (Lipinski definition) is 4. The molecule has 5 aromatic rings. The van der Waals surface area contributed by atoms with Crippen LogP contribution in [-0.4, -0.2) is 40.5 Å². The Bertz CT molecular complexity index is 1690. The van der Waals surface area contributed by atoms with Crippen molar-refractivity contribution in [1.29, 1.82) is 0 Å². The Hall–Kier alpha value is -3.43. The maximum Gasteiger partial charge on any atom is 0.194 e. The number of imidazole rings is 1. The summed E-state index contributed by atoms with van der Waals surface area (Å²) in [6.45, 7) is 3.27. The monoisotopic (exact) mass is 537 g/mol. The van der Waals surface area contributed by atoms with Gasteiger partial charge in [0.05, 0.1) is 24.8 Å². The van der Waals surface area contributed by atoms with Crippen LogP contribution in [0.5, 0.6) is 5.75 Å². The fourth-order valence-corrected chi connectivity index (χ4v) is 6.64. The Kier molecular flexibility index (Phi) is 6.36. The average Bonchev–Trinajstić information content (AvgIpc) is 3.40. The lowest BCUT2D eigenvalue weighted by Crippen LogP contribution is -2.06. The van der Waals surface area contributed by atoms with E-state index in [0.29, 0.717) is 18.7 Å². The molecule has 2 aromatic carbocycles. The molecule has 0 saturated heterocycles. The van der Waals surface area contributed by atoms with Crippen molar-refractivity contribution in [2.24, 2.45) is 0 Å². The lowest BCUT2D eigenvalue weighted by molar-refractivity contribution is 0.187. The van der Waals surface area contributed by atoms with Crippen LogP contribution in [0.4, 0.5) is 13.2 Å². The number of halogens is 3. The first-order valence-electron chi connectivity index (χ1n) is 12.4. The normalized spacial score (nSPS) is 13.1. The van der Waals surface area contributed by atoms with Gasteiger partial charge < -0.3 is 18.4 Å². The number of rotatable bonds is 6. The van der Waals surface area contributed by atoms with E-state index in [2.05, 4.69) is 21.1 Å². The zero-order chi connectivity index (χ0) is 26.6. The molecule has 0 aliphatic carbocycles. The summed E-state index contributed by atoms with van der Waals surface area (Å²) >= 11 is 1.76. The minimum absolute atomic E-state index is 0.262. The zero-order valence-electron chi connectivity index (χ0n) is 21.3. The topological polar surface area (TPSA) is 40.7 Å². The molecule has 4 heterocycles. The second-order valence-corrected chi connectivity index (χ2v) is 10.5. The Morgan fingerprint density at radius 3 is 2.61 bits per heavy atom. The zero-order valence-corrected chi connectivity index (χ0v) is 22.1. The smallest absolute Gasteiger partial charge is 0.194 e. The second-order valence-electron chi connectivity index (χ2n) is 9.40. The van der Waals surface area contributed by atoms with Gasteiger partial charge in [-0.2, -0.15) is 0 Å². The Morgan fingerprint density at radius 2 is 1.87 bits per heavy atom. The molecular formula is C29H26F3N3O2S. The number of fused-ring (bicyclic) bond motifs is 4. The molecule has 0 spiro atoms. The van der Waals surface area contributed by atoms with Crippen molar-refractivity contribution in [2.45, 2.75) is 31.2 Å². The van der Waals surface area contributed by atoms with Gasteiger partial charge >= 0.3 is 0 Å². The van der Waals surface area contributed by atoms with Gasteiger partial charge in [-0.3, -0.25) is 0 Å². The van der Waals surface area contributed by atoms with E-state index in [-0.39, 0.29) is 6.42 Å². The largest absolute Gasteiger partial charge is 0.496 e. The minimum Gasteiger partial charge on any atom is -0.496 e. The third kappa shape index (κ3) is 3.96. The van der Waals surface area contributed by atoms with Crippen molar-refractivity contribution < 1.29 is 22.6 Å². The molecule has 9 heteroatoms. The number of aromatic nitrogens is 3. The quantitative estimate of drug-likeness (QED) is 0.230. The number of hydrogen-bond donors (Lipinski definition) is 0. The summed E-state index contributed by atoms with van der Waals surface area (Å²) in [5.74, 6) is -1.32. The summed E-state index contributed by atoms with van der Waals surface area (Å²) < 4.78 is 56.9. The highest BCUT2D eigenvalue weighted by Crippen LogP contribution is 2.47. The highest BCUT2D eigenvalue weighted by Gasteiger charge is 2.26. The van der Waals surface area contributed by atoms with Gasteiger partial charge in [0, 0.05) is 59.8 Å². The molecule has 0 amide bonds. The predicted octanol–water partition coefficient (Wildman–Crippen LogP) is 6.58. The van der Waals surface area contributed by atoms with Crippen LogP contribution in [0.25, 0.3) is 27.7 Å². The molecule has 0 fully saturated rings. The van der Waals surface area contributed by atoms with Crippen molar-refractivity contribution in [3.63, 3.8) is 0 Å². The van der Waals surface area contributed by atoms with Crippen LogP contribution in [0, 0.1) is 24.4 Å². The number of benzene rings is 2. The van der Waals surface area contributed by atoms with E-state index in [0.717, 1.165) is 79.7 Å². The molecule has 0 N–H and O–H groups in total. The standard InChI is InChI=1S/C29H26F3N3O2S/c1-16-33-27-23(34(16)8-9-36-2)15-24(37-3)25-20-5-4-7-35-19(11-17-12-21(30)26(32)22(31)13-17)14-18(28(20)35)6-10-38-29(25)27/h4-5,7,12-15H,6,8-11H2,1-3H3. The van der Waals surface area contributed by atoms with Crippen LogP contribution in [-0.2, 0) is 24.1 Å². The third-order valence-electron chi connectivity index (χ3n) is 7.16. The number of pyridine rings is 1. The van der Waals surface area contributed by atoms with E-state index < -0.39 is 17.5 Å². The minimum atomic E-state index is -1.45. The number of ether oxygens (including phenoxy) is 2. The van der Waals surface area contributed by atoms with E-state index in [1.54, 1.807) is 26.0 Å². The third-order valence-corrected chi connectivity index (χ3v) is 8.25. The molecule has 1 aliphatic heterocycles. The van der Waals surface area contributed by atoms with Crippen molar-refractivity contribution in [3.8, 4) is 16.9 Å². The van der Waals surface area contributed by atoms with Crippen LogP contribution < -0.4 is 4.74 Å². The molecule has 1 aliphatic rings. The molecule has 196 valence electrons. The van der Waals surface area contributed by atoms with Gasteiger partial charge in [0.25, 0.3) is 0 Å². The maximum absolute atomic E-state index is 13.9. The molecule has 0 bridgehead atoms. The first-order chi connectivity index (χ1) is 18.4. The molecule has 38 heavy (non-hydrogen) atoms. The van der Waals surface area contributed by atoms with Crippen LogP contribution in [0.15, 0.2) is 47.5 Å². The first kappa shape index (κ1) is 24.9. The molecular weight excluding hydrogens is 511 g/mol. The van der Waals surface area contributed by atoms with Gasteiger partial charge in [-0.25, -0.2) is 18.2 Å². The highest BCUT2D eigenvalue weighted by molar-refractivity contribution is 7.99. The van der Waals surface area contributed by atoms with Crippen LogP contribution in [0.1, 0.15) is 22.6 Å². The van der Waals surface area contributed by atoms with Crippen molar-refractivity contribution in [1.82, 2.24) is 14.0 Å². The van der Waals surface area contributed by atoms with E-state index in [9.17, 15) is 13.2 Å². The highest BCUT2D eigenvalue weighted by atomic mass is 32.2. The SMILES string of the molecule is COCCn1c(C)nc2c3c(c(OC)cc21)-c1cccn2c(Cc4cc(F)c(F)c(F)c4)cc(c12)CCS3. The predicted molar refractivity (Wildman–Crippen MR) is 143 cm³/mol. The molecule has 0 atom stereocenters. The van der Waals surface area contributed by atoms with Gasteiger partial charge in [-0.05, 0) is 48.7 Å². The van der Waals surface area contributed by atoms with E-state index >= 15 is 0 Å². The van der Waals surface area contributed by atoms with Crippen LogP contribution in [0.3, 0.4) is 0 Å². The fourth-order valence-electron chi connectivity index (χ4n) is 5.47. The Morgan fingerprint density at radius 1 is 1.08 bits per heavy atom. The van der Waals surface area contributed by atoms with E-state index in [4.69, 9.17) is 14.5 Å². The summed E-state index contributed by atoms with van der Waals surface area (Å²) in [7, 11) is 3.36. The van der Waals surface area contributed by atoms with Crippen LogP contribution in [0.2, 0.25) is 0 Å². The van der Waals surface area contributed by atoms with Crippen LogP contribution >= 0.6 is 11.8 Å². The molecule has 3 aromatic heterocycles. The van der Waals surface area contributed by atoms with Crippen molar-refractivity contribution in [2.75, 3.05) is 26.6 Å². The lowest BCUT2D eigenvalue weighted by Gasteiger charge is -2.19. The summed E-state index contributed by atoms with van der Waals surface area (Å²) in [5.41, 5.74) is 7.35. The summed E-state index contributed by atoms with van der Waals surface area (Å²) in [5, 5.41) is 0. The van der Waals surface area contributed by atoms with Crippen molar-refractivity contribution in [3.05, 3.63) is 82.7 Å². The average molecular weight is 538 g/mol. The van der Waals surface area contributed by atoms with Gasteiger partial charge in [-0.15, -0.1) is 11.8 Å².